The summed E-state index contributed by atoms with van der Waals surface area (Å²) in [5.74, 6) is 0.672. The number of carbonyl (C=O) groups excluding carboxylic acids is 1. The summed E-state index contributed by atoms with van der Waals surface area (Å²) in [5.41, 5.74) is 1.25. The normalized spacial score (nSPS) is 31.9. The van der Waals surface area contributed by atoms with Crippen LogP contribution in [0.25, 0.3) is 0 Å². The van der Waals surface area contributed by atoms with Crippen LogP contribution < -0.4 is 5.32 Å². The van der Waals surface area contributed by atoms with Crippen molar-refractivity contribution in [1.29, 1.82) is 0 Å². The van der Waals surface area contributed by atoms with Crippen LogP contribution >= 0.6 is 11.3 Å². The average molecular weight is 294 g/mol. The third-order valence-corrected chi connectivity index (χ3v) is 5.23. The molecule has 2 fully saturated rings. The van der Waals surface area contributed by atoms with Crippen LogP contribution in [-0.4, -0.2) is 49.7 Å². The van der Waals surface area contributed by atoms with Crippen molar-refractivity contribution in [3.8, 4) is 0 Å². The minimum Gasteiger partial charge on any atom is -0.376 e. The van der Waals surface area contributed by atoms with Gasteiger partial charge in [0, 0.05) is 18.9 Å². The smallest absolute Gasteiger partial charge is 0.220 e. The van der Waals surface area contributed by atoms with Crippen LogP contribution in [0.1, 0.15) is 18.4 Å². The van der Waals surface area contributed by atoms with E-state index in [2.05, 4.69) is 41.1 Å². The Balaban J connectivity index is 1.52. The lowest BCUT2D eigenvalue weighted by molar-refractivity contribution is -0.128. The number of amides is 1. The molecule has 1 aliphatic carbocycles. The highest BCUT2D eigenvalue weighted by atomic mass is 32.1. The first-order valence-electron chi connectivity index (χ1n) is 7.25. The molecule has 1 saturated carbocycles. The molecular formula is C15H22N2O2S. The lowest BCUT2D eigenvalue weighted by Gasteiger charge is -2.50. The second kappa shape index (κ2) is 5.84. The van der Waals surface area contributed by atoms with Gasteiger partial charge in [-0.1, -0.05) is 0 Å². The highest BCUT2D eigenvalue weighted by Gasteiger charge is 2.55. The predicted octanol–water partition coefficient (Wildman–Crippen LogP) is 1.51. The van der Waals surface area contributed by atoms with Crippen molar-refractivity contribution in [3.63, 3.8) is 0 Å². The first-order valence-corrected chi connectivity index (χ1v) is 8.19. The number of fused-ring (bicyclic) bond motifs is 1. The number of thiophene rings is 1. The number of rotatable bonds is 5. The van der Waals surface area contributed by atoms with Gasteiger partial charge in [-0.25, -0.2) is 0 Å². The average Bonchev–Trinajstić information content (AvgIpc) is 3.02. The first kappa shape index (κ1) is 14.0. The SMILES string of the molecule is CN(C)[C@@H]1[C@@H](NC(=O)CCc2ccsc2)[C@H]2CCO[C@H]21. The van der Waals surface area contributed by atoms with Crippen molar-refractivity contribution in [2.45, 2.75) is 37.5 Å². The molecule has 2 heterocycles. The maximum atomic E-state index is 12.1. The number of hydrogen-bond acceptors (Lipinski definition) is 4. The molecular weight excluding hydrogens is 272 g/mol. The van der Waals surface area contributed by atoms with Gasteiger partial charge in [0.25, 0.3) is 0 Å². The van der Waals surface area contributed by atoms with Gasteiger partial charge in [-0.3, -0.25) is 4.79 Å². The zero-order chi connectivity index (χ0) is 14.1. The van der Waals surface area contributed by atoms with E-state index in [0.717, 1.165) is 19.4 Å². The van der Waals surface area contributed by atoms with Crippen molar-refractivity contribution in [2.24, 2.45) is 5.92 Å². The molecule has 1 aromatic heterocycles. The standard InChI is InChI=1S/C15H22N2O2S/c1-17(2)14-13(11-5-7-19-15(11)14)16-12(18)4-3-10-6-8-20-9-10/h6,8-9,11,13-15H,3-5,7H2,1-2H3,(H,16,18)/t11-,13+,14-,15-/m1/s1. The van der Waals surface area contributed by atoms with Gasteiger partial charge in [0.05, 0.1) is 18.2 Å². The van der Waals surface area contributed by atoms with Crippen LogP contribution in [-0.2, 0) is 16.0 Å². The lowest BCUT2D eigenvalue weighted by Crippen LogP contribution is -2.69. The lowest BCUT2D eigenvalue weighted by atomic mass is 9.71. The van der Waals surface area contributed by atoms with Crippen molar-refractivity contribution >= 4 is 17.2 Å². The van der Waals surface area contributed by atoms with Gasteiger partial charge in [0.1, 0.15) is 0 Å². The van der Waals surface area contributed by atoms with E-state index < -0.39 is 0 Å². The van der Waals surface area contributed by atoms with Crippen LogP contribution in [0.5, 0.6) is 0 Å². The number of aryl methyl sites for hydroxylation is 1. The maximum Gasteiger partial charge on any atom is 0.220 e. The van der Waals surface area contributed by atoms with Crippen molar-refractivity contribution < 1.29 is 9.53 Å². The van der Waals surface area contributed by atoms with E-state index in [9.17, 15) is 4.79 Å². The quantitative estimate of drug-likeness (QED) is 0.895. The van der Waals surface area contributed by atoms with Crippen LogP contribution in [0.3, 0.4) is 0 Å². The minimum absolute atomic E-state index is 0.165. The van der Waals surface area contributed by atoms with E-state index in [-0.39, 0.29) is 11.9 Å². The van der Waals surface area contributed by atoms with Gasteiger partial charge in [-0.2, -0.15) is 11.3 Å². The van der Waals surface area contributed by atoms with Crippen molar-refractivity contribution in [1.82, 2.24) is 10.2 Å². The van der Waals surface area contributed by atoms with E-state index >= 15 is 0 Å². The highest BCUT2D eigenvalue weighted by Crippen LogP contribution is 2.41. The van der Waals surface area contributed by atoms with Gasteiger partial charge in [-0.15, -0.1) is 0 Å². The van der Waals surface area contributed by atoms with E-state index in [1.54, 1.807) is 11.3 Å². The molecule has 3 rings (SSSR count). The van der Waals surface area contributed by atoms with Crippen LogP contribution in [0, 0.1) is 5.92 Å². The van der Waals surface area contributed by atoms with E-state index in [4.69, 9.17) is 4.74 Å². The van der Waals surface area contributed by atoms with Crippen LogP contribution in [0.2, 0.25) is 0 Å². The molecule has 1 saturated heterocycles. The van der Waals surface area contributed by atoms with Gasteiger partial charge in [0.15, 0.2) is 0 Å². The molecule has 4 atom stereocenters. The maximum absolute atomic E-state index is 12.1. The van der Waals surface area contributed by atoms with Gasteiger partial charge in [0.2, 0.25) is 5.91 Å². The molecule has 0 aromatic carbocycles. The number of hydrogen-bond donors (Lipinski definition) is 1. The number of carbonyl (C=O) groups is 1. The molecule has 1 amide bonds. The molecule has 0 radical (unpaired) electrons. The second-order valence-corrected chi connectivity index (χ2v) is 6.75. The number of nitrogens with one attached hydrogen (secondary N) is 1. The van der Waals surface area contributed by atoms with Gasteiger partial charge in [-0.05, 0) is 49.3 Å². The van der Waals surface area contributed by atoms with Gasteiger partial charge < -0.3 is 15.0 Å². The Hall–Kier alpha value is -0.910. The minimum atomic E-state index is 0.165. The summed E-state index contributed by atoms with van der Waals surface area (Å²) in [6.07, 6.45) is 2.79. The second-order valence-electron chi connectivity index (χ2n) is 5.97. The topological polar surface area (TPSA) is 41.6 Å². The molecule has 4 nitrogen and oxygen atoms in total. The fourth-order valence-electron chi connectivity index (χ4n) is 3.43. The number of nitrogens with zero attached hydrogens (tertiary/aromatic N) is 1. The van der Waals surface area contributed by atoms with Crippen molar-refractivity contribution in [2.75, 3.05) is 20.7 Å². The summed E-state index contributed by atoms with van der Waals surface area (Å²) in [5, 5.41) is 7.39. The highest BCUT2D eigenvalue weighted by molar-refractivity contribution is 7.07. The van der Waals surface area contributed by atoms with Gasteiger partial charge >= 0.3 is 0 Å². The zero-order valence-electron chi connectivity index (χ0n) is 12.0. The van der Waals surface area contributed by atoms with Crippen molar-refractivity contribution in [3.05, 3.63) is 22.4 Å². The molecule has 5 heteroatoms. The molecule has 0 spiro atoms. The summed E-state index contributed by atoms with van der Waals surface area (Å²) in [7, 11) is 4.13. The van der Waals surface area contributed by atoms with E-state index in [1.807, 2.05) is 0 Å². The molecule has 0 bridgehead atoms. The summed E-state index contributed by atoms with van der Waals surface area (Å²) >= 11 is 1.68. The Morgan fingerprint density at radius 1 is 1.55 bits per heavy atom. The molecule has 1 N–H and O–H groups in total. The predicted molar refractivity (Wildman–Crippen MR) is 79.9 cm³/mol. The Kier molecular flexibility index (Phi) is 4.10. The van der Waals surface area contributed by atoms with Crippen LogP contribution in [0.15, 0.2) is 16.8 Å². The Morgan fingerprint density at radius 3 is 3.10 bits per heavy atom. The van der Waals surface area contributed by atoms with E-state index in [1.165, 1.54) is 5.56 Å². The Labute approximate surface area is 124 Å². The third kappa shape index (κ3) is 2.62. The third-order valence-electron chi connectivity index (χ3n) is 4.49. The van der Waals surface area contributed by atoms with Crippen LogP contribution in [0.4, 0.5) is 0 Å². The number of likely N-dealkylation sites (N-methyl/N-ethyl adjacent to an activating group) is 1. The molecule has 0 unspecified atom stereocenters. The summed E-state index contributed by atoms with van der Waals surface area (Å²) in [6.45, 7) is 0.834. The molecule has 1 aliphatic heterocycles. The molecule has 2 aliphatic rings. The Bertz CT molecular complexity index is 460. The number of ether oxygens (including phenoxy) is 1. The largest absolute Gasteiger partial charge is 0.376 e. The monoisotopic (exact) mass is 294 g/mol. The molecule has 1 aromatic rings. The summed E-state index contributed by atoms with van der Waals surface area (Å²) in [6, 6.07) is 2.67. The first-order chi connectivity index (χ1) is 9.66. The summed E-state index contributed by atoms with van der Waals surface area (Å²) < 4.78 is 5.76. The fraction of sp³-hybridized carbons (Fsp3) is 0.667. The zero-order valence-corrected chi connectivity index (χ0v) is 12.9. The Morgan fingerprint density at radius 2 is 2.40 bits per heavy atom. The summed E-state index contributed by atoms with van der Waals surface area (Å²) in [4.78, 5) is 14.3. The molecule has 20 heavy (non-hydrogen) atoms. The fourth-order valence-corrected chi connectivity index (χ4v) is 4.14. The molecule has 110 valence electrons. The van der Waals surface area contributed by atoms with E-state index in [0.29, 0.717) is 24.5 Å².